The fourth-order valence-corrected chi connectivity index (χ4v) is 1.97. The molecule has 1 amide bonds. The van der Waals surface area contributed by atoms with E-state index in [1.54, 1.807) is 19.2 Å². The highest BCUT2D eigenvalue weighted by Gasteiger charge is 2.15. The largest absolute Gasteiger partial charge is 0.455 e. The van der Waals surface area contributed by atoms with Gasteiger partial charge in [-0.15, -0.1) is 0 Å². The summed E-state index contributed by atoms with van der Waals surface area (Å²) in [7, 11) is 1.57. The third-order valence-corrected chi connectivity index (χ3v) is 3.30. The minimum Gasteiger partial charge on any atom is -0.455 e. The minimum absolute atomic E-state index is 0.229. The average Bonchev–Trinajstić information content (AvgIpc) is 3.15. The lowest BCUT2D eigenvalue weighted by atomic mass is 10.2. The number of nitrogens with zero attached hydrogens (tertiary/aromatic N) is 3. The summed E-state index contributed by atoms with van der Waals surface area (Å²) in [4.78, 5) is 18.0. The van der Waals surface area contributed by atoms with Crippen molar-refractivity contribution in [1.82, 2.24) is 20.4 Å². The predicted molar refractivity (Wildman–Crippen MR) is 80.3 cm³/mol. The Kier molecular flexibility index (Phi) is 5.32. The summed E-state index contributed by atoms with van der Waals surface area (Å²) in [5, 5.41) is 6.49. The first kappa shape index (κ1) is 16.2. The number of rotatable bonds is 7. The Hall–Kier alpha value is -2.15. The predicted octanol–water partition coefficient (Wildman–Crippen LogP) is 2.17. The first-order valence-corrected chi connectivity index (χ1v) is 7.39. The number of hydrogen-bond acceptors (Lipinski definition) is 6. The van der Waals surface area contributed by atoms with Gasteiger partial charge in [0.1, 0.15) is 5.76 Å². The topological polar surface area (TPSA) is 84.4 Å². The molecule has 0 unspecified atom stereocenters. The minimum atomic E-state index is -0.229. The number of nitrogens with one attached hydrogen (secondary N) is 1. The van der Waals surface area contributed by atoms with Gasteiger partial charge < -0.3 is 14.3 Å². The first-order valence-electron chi connectivity index (χ1n) is 7.39. The van der Waals surface area contributed by atoms with Crippen molar-refractivity contribution >= 4 is 5.91 Å². The number of carbonyl (C=O) groups is 1. The fourth-order valence-electron chi connectivity index (χ4n) is 1.97. The number of aromatic nitrogens is 2. The highest BCUT2D eigenvalue weighted by atomic mass is 16.5. The fraction of sp³-hybridized carbons (Fsp3) is 0.533. The third kappa shape index (κ3) is 3.94. The van der Waals surface area contributed by atoms with Crippen molar-refractivity contribution in [3.05, 3.63) is 35.4 Å². The Morgan fingerprint density at radius 1 is 1.36 bits per heavy atom. The van der Waals surface area contributed by atoms with Gasteiger partial charge in [-0.05, 0) is 18.7 Å². The molecule has 0 aliphatic rings. The summed E-state index contributed by atoms with van der Waals surface area (Å²) in [5.41, 5.74) is 0. The van der Waals surface area contributed by atoms with Crippen molar-refractivity contribution in [2.75, 3.05) is 13.6 Å². The van der Waals surface area contributed by atoms with Crippen LogP contribution in [0, 0.1) is 0 Å². The number of carbonyl (C=O) groups excluding carboxylic acids is 1. The van der Waals surface area contributed by atoms with Crippen molar-refractivity contribution in [3.63, 3.8) is 0 Å². The van der Waals surface area contributed by atoms with Crippen LogP contribution in [0.25, 0.3) is 0 Å². The van der Waals surface area contributed by atoms with Crippen molar-refractivity contribution in [3.8, 4) is 0 Å². The Balaban J connectivity index is 1.99. The maximum Gasteiger partial charge on any atom is 0.286 e. The molecule has 7 nitrogen and oxygen atoms in total. The summed E-state index contributed by atoms with van der Waals surface area (Å²) >= 11 is 0. The van der Waals surface area contributed by atoms with Crippen molar-refractivity contribution in [1.29, 1.82) is 0 Å². The van der Waals surface area contributed by atoms with Crippen LogP contribution in [0.2, 0.25) is 0 Å². The summed E-state index contributed by atoms with van der Waals surface area (Å²) in [6, 6.07) is 3.48. The Labute approximate surface area is 129 Å². The van der Waals surface area contributed by atoms with Crippen LogP contribution < -0.4 is 5.32 Å². The normalized spacial score (nSPS) is 11.4. The molecule has 0 radical (unpaired) electrons. The van der Waals surface area contributed by atoms with Gasteiger partial charge >= 0.3 is 0 Å². The van der Waals surface area contributed by atoms with E-state index in [4.69, 9.17) is 8.94 Å². The maximum absolute atomic E-state index is 11.5. The van der Waals surface area contributed by atoms with E-state index in [9.17, 15) is 4.79 Å². The monoisotopic (exact) mass is 306 g/mol. The highest BCUT2D eigenvalue weighted by molar-refractivity contribution is 5.91. The quantitative estimate of drug-likeness (QED) is 0.844. The van der Waals surface area contributed by atoms with Crippen molar-refractivity contribution in [2.24, 2.45) is 0 Å². The van der Waals surface area contributed by atoms with E-state index in [-0.39, 0.29) is 11.8 Å². The Morgan fingerprint density at radius 2 is 2.14 bits per heavy atom. The zero-order valence-corrected chi connectivity index (χ0v) is 13.4. The van der Waals surface area contributed by atoms with Gasteiger partial charge in [0, 0.05) is 13.0 Å². The van der Waals surface area contributed by atoms with E-state index in [1.165, 1.54) is 0 Å². The van der Waals surface area contributed by atoms with Crippen molar-refractivity contribution < 1.29 is 13.7 Å². The highest BCUT2D eigenvalue weighted by Crippen LogP contribution is 2.14. The second-order valence-corrected chi connectivity index (χ2v) is 5.35. The summed E-state index contributed by atoms with van der Waals surface area (Å²) in [5.74, 6) is 2.35. The Bertz CT molecular complexity index is 618. The van der Waals surface area contributed by atoms with E-state index >= 15 is 0 Å². The second kappa shape index (κ2) is 7.22. The maximum atomic E-state index is 11.5. The molecule has 7 heteroatoms. The molecular formula is C15H22N4O3. The molecule has 2 rings (SSSR count). The molecule has 2 aromatic heterocycles. The molecule has 0 atom stereocenters. The van der Waals surface area contributed by atoms with Gasteiger partial charge in [0.2, 0.25) is 5.89 Å². The Morgan fingerprint density at radius 3 is 2.73 bits per heavy atom. The third-order valence-electron chi connectivity index (χ3n) is 3.30. The van der Waals surface area contributed by atoms with Crippen LogP contribution in [0.1, 0.15) is 54.7 Å². The van der Waals surface area contributed by atoms with Gasteiger partial charge in [-0.3, -0.25) is 9.69 Å². The smallest absolute Gasteiger partial charge is 0.286 e. The van der Waals surface area contributed by atoms with Gasteiger partial charge in [0.25, 0.3) is 5.91 Å². The van der Waals surface area contributed by atoms with Gasteiger partial charge in [0.05, 0.1) is 13.1 Å². The molecule has 2 aromatic rings. The van der Waals surface area contributed by atoms with Gasteiger partial charge in [-0.2, -0.15) is 4.98 Å². The van der Waals surface area contributed by atoms with Crippen LogP contribution in [0.4, 0.5) is 0 Å². The zero-order valence-electron chi connectivity index (χ0n) is 13.4. The molecule has 0 saturated heterocycles. The second-order valence-electron chi connectivity index (χ2n) is 5.35. The molecule has 22 heavy (non-hydrogen) atoms. The lowest BCUT2D eigenvalue weighted by Gasteiger charge is -2.16. The number of amides is 1. The number of furan rings is 1. The lowest BCUT2D eigenvalue weighted by Crippen LogP contribution is -2.22. The van der Waals surface area contributed by atoms with E-state index in [2.05, 4.69) is 20.4 Å². The van der Waals surface area contributed by atoms with E-state index in [0.29, 0.717) is 30.6 Å². The summed E-state index contributed by atoms with van der Waals surface area (Å²) in [6.07, 6.45) is 0. The molecule has 0 aromatic carbocycles. The molecule has 0 aliphatic carbocycles. The van der Waals surface area contributed by atoms with Crippen LogP contribution in [0.3, 0.4) is 0 Å². The van der Waals surface area contributed by atoms with E-state index < -0.39 is 0 Å². The van der Waals surface area contributed by atoms with Crippen molar-refractivity contribution in [2.45, 2.75) is 39.8 Å². The van der Waals surface area contributed by atoms with Gasteiger partial charge in [-0.1, -0.05) is 25.9 Å². The SMILES string of the molecule is CCN(Cc1ccc(C(=O)NC)o1)Cc1nc(C(C)C)no1. The van der Waals surface area contributed by atoms with E-state index in [0.717, 1.165) is 12.3 Å². The molecular weight excluding hydrogens is 284 g/mol. The van der Waals surface area contributed by atoms with Crippen LogP contribution in [-0.4, -0.2) is 34.5 Å². The lowest BCUT2D eigenvalue weighted by molar-refractivity contribution is 0.0931. The van der Waals surface area contributed by atoms with E-state index in [1.807, 2.05) is 20.8 Å². The van der Waals surface area contributed by atoms with Crippen LogP contribution >= 0.6 is 0 Å². The van der Waals surface area contributed by atoms with Gasteiger partial charge in [-0.25, -0.2) is 0 Å². The molecule has 1 N–H and O–H groups in total. The van der Waals surface area contributed by atoms with Crippen LogP contribution in [0.5, 0.6) is 0 Å². The molecule has 0 bridgehead atoms. The molecule has 2 heterocycles. The standard InChI is InChI=1S/C15H22N4O3/c1-5-19(9-13-17-14(10(2)3)18-22-13)8-11-6-7-12(21-11)15(20)16-4/h6-7,10H,5,8-9H2,1-4H3,(H,16,20). The molecule has 0 spiro atoms. The number of hydrogen-bond donors (Lipinski definition) is 1. The summed E-state index contributed by atoms with van der Waals surface area (Å²) in [6.45, 7) is 8.02. The molecule has 0 saturated carbocycles. The average molecular weight is 306 g/mol. The first-order chi connectivity index (χ1) is 10.5. The van der Waals surface area contributed by atoms with Crippen LogP contribution in [-0.2, 0) is 13.1 Å². The molecule has 120 valence electrons. The summed E-state index contributed by atoms with van der Waals surface area (Å²) < 4.78 is 10.8. The molecule has 0 fully saturated rings. The molecule has 0 aliphatic heterocycles. The van der Waals surface area contributed by atoms with Crippen LogP contribution in [0.15, 0.2) is 21.1 Å². The zero-order chi connectivity index (χ0) is 16.1. The van der Waals surface area contributed by atoms with Gasteiger partial charge in [0.15, 0.2) is 11.6 Å².